The van der Waals surface area contributed by atoms with Crippen molar-refractivity contribution in [3.8, 4) is 0 Å². The molecule has 7 heteroatoms. The smallest absolute Gasteiger partial charge is 0.328 e. The number of ether oxygens (including phenoxy) is 1. The van der Waals surface area contributed by atoms with Crippen LogP contribution in [0.3, 0.4) is 0 Å². The highest BCUT2D eigenvalue weighted by Gasteiger charge is 2.26. The molecule has 3 N–H and O–H groups in total. The van der Waals surface area contributed by atoms with E-state index in [-0.39, 0.29) is 18.3 Å². The van der Waals surface area contributed by atoms with Gasteiger partial charge in [0.25, 0.3) is 0 Å². The predicted molar refractivity (Wildman–Crippen MR) is 116 cm³/mol. The van der Waals surface area contributed by atoms with Gasteiger partial charge < -0.3 is 20.4 Å². The fourth-order valence-corrected chi connectivity index (χ4v) is 3.30. The van der Waals surface area contributed by atoms with Crippen molar-refractivity contribution in [1.82, 2.24) is 15.6 Å². The lowest BCUT2D eigenvalue weighted by Crippen LogP contribution is -2.51. The lowest BCUT2D eigenvalue weighted by atomic mass is 10.0. The summed E-state index contributed by atoms with van der Waals surface area (Å²) >= 11 is 0. The van der Waals surface area contributed by atoms with Crippen molar-refractivity contribution < 1.29 is 14.3 Å². The number of methoxy groups -OCH3 is 1. The summed E-state index contributed by atoms with van der Waals surface area (Å²) in [6.07, 6.45) is 2.75. The zero-order valence-electron chi connectivity index (χ0n) is 16.5. The van der Waals surface area contributed by atoms with Gasteiger partial charge in [0.15, 0.2) is 0 Å². The molecular weight excluding hydrogens is 390 g/mol. The lowest BCUT2D eigenvalue weighted by Gasteiger charge is -2.21. The molecule has 1 aromatic heterocycles. The second-order valence-corrected chi connectivity index (χ2v) is 6.68. The molecule has 0 radical (unpaired) electrons. The normalized spacial score (nSPS) is 12.6. The number of hydrogen-bond acceptors (Lipinski definition) is 4. The van der Waals surface area contributed by atoms with Crippen molar-refractivity contribution in [3.05, 3.63) is 71.9 Å². The number of esters is 1. The molecule has 2 aromatic carbocycles. The number of likely N-dealkylation sites (N-methyl/N-ethyl adjacent to an activating group) is 1. The summed E-state index contributed by atoms with van der Waals surface area (Å²) in [7, 11) is 3.07. The number of aromatic amines is 1. The van der Waals surface area contributed by atoms with Crippen LogP contribution in [0.25, 0.3) is 10.9 Å². The van der Waals surface area contributed by atoms with Gasteiger partial charge in [-0.05, 0) is 30.7 Å². The molecule has 0 bridgehead atoms. The molecular formula is C22H26ClN3O3. The van der Waals surface area contributed by atoms with Crippen LogP contribution in [0.1, 0.15) is 11.1 Å². The van der Waals surface area contributed by atoms with E-state index < -0.39 is 18.1 Å². The van der Waals surface area contributed by atoms with Crippen molar-refractivity contribution in [2.75, 3.05) is 14.2 Å². The maximum Gasteiger partial charge on any atom is 0.328 e. The van der Waals surface area contributed by atoms with Crippen LogP contribution in [0.2, 0.25) is 0 Å². The van der Waals surface area contributed by atoms with E-state index in [9.17, 15) is 9.59 Å². The van der Waals surface area contributed by atoms with Gasteiger partial charge in [0.1, 0.15) is 6.04 Å². The second kappa shape index (κ2) is 10.6. The molecule has 3 rings (SSSR count). The van der Waals surface area contributed by atoms with Crippen LogP contribution < -0.4 is 10.6 Å². The van der Waals surface area contributed by atoms with Crippen LogP contribution in [0, 0.1) is 0 Å². The highest BCUT2D eigenvalue weighted by atomic mass is 35.5. The zero-order valence-corrected chi connectivity index (χ0v) is 17.3. The average Bonchev–Trinajstić information content (AvgIpc) is 3.14. The van der Waals surface area contributed by atoms with Crippen molar-refractivity contribution in [1.29, 1.82) is 0 Å². The van der Waals surface area contributed by atoms with Crippen LogP contribution >= 0.6 is 12.4 Å². The molecule has 1 amide bonds. The van der Waals surface area contributed by atoms with Gasteiger partial charge in [-0.2, -0.15) is 0 Å². The molecule has 29 heavy (non-hydrogen) atoms. The summed E-state index contributed by atoms with van der Waals surface area (Å²) < 4.78 is 4.92. The van der Waals surface area contributed by atoms with Gasteiger partial charge in [-0.25, -0.2) is 4.79 Å². The number of H-pyrrole nitrogens is 1. The first-order chi connectivity index (χ1) is 13.6. The maximum atomic E-state index is 12.8. The Morgan fingerprint density at radius 1 is 1.00 bits per heavy atom. The number of amides is 1. The number of nitrogens with one attached hydrogen (secondary N) is 3. The Morgan fingerprint density at radius 3 is 2.38 bits per heavy atom. The monoisotopic (exact) mass is 415 g/mol. The zero-order chi connectivity index (χ0) is 19.9. The molecule has 0 fully saturated rings. The summed E-state index contributed by atoms with van der Waals surface area (Å²) in [5.74, 6) is -0.699. The van der Waals surface area contributed by atoms with Crippen molar-refractivity contribution in [2.24, 2.45) is 0 Å². The Balaban J connectivity index is 0.00000300. The van der Waals surface area contributed by atoms with Gasteiger partial charge in [-0.15, -0.1) is 12.4 Å². The van der Waals surface area contributed by atoms with Gasteiger partial charge in [-0.3, -0.25) is 4.79 Å². The van der Waals surface area contributed by atoms with Gasteiger partial charge >= 0.3 is 5.97 Å². The summed E-state index contributed by atoms with van der Waals surface area (Å²) in [5, 5.41) is 6.91. The van der Waals surface area contributed by atoms with E-state index in [2.05, 4.69) is 15.6 Å². The first-order valence-electron chi connectivity index (χ1n) is 9.26. The minimum Gasteiger partial charge on any atom is -0.467 e. The molecule has 154 valence electrons. The van der Waals surface area contributed by atoms with Crippen molar-refractivity contribution in [2.45, 2.75) is 24.9 Å². The third-order valence-corrected chi connectivity index (χ3v) is 4.85. The molecule has 0 spiro atoms. The molecule has 0 aliphatic heterocycles. The summed E-state index contributed by atoms with van der Waals surface area (Å²) in [6.45, 7) is 0. The van der Waals surface area contributed by atoms with Crippen LogP contribution in [0.15, 0.2) is 60.8 Å². The number of carbonyl (C=O) groups is 2. The van der Waals surface area contributed by atoms with Gasteiger partial charge in [0.05, 0.1) is 13.2 Å². The third-order valence-electron chi connectivity index (χ3n) is 4.85. The Kier molecular flexibility index (Phi) is 8.24. The largest absolute Gasteiger partial charge is 0.467 e. The SMILES string of the molecule is CN[C@H](Cc1ccccc1)C(=O)N[C@@H](Cc1c[nH]c2ccccc12)C(=O)OC.Cl. The van der Waals surface area contributed by atoms with Crippen LogP contribution in [-0.2, 0) is 27.2 Å². The minimum atomic E-state index is -0.761. The maximum absolute atomic E-state index is 12.8. The van der Waals surface area contributed by atoms with E-state index in [4.69, 9.17) is 4.74 Å². The van der Waals surface area contributed by atoms with Gasteiger partial charge in [0.2, 0.25) is 5.91 Å². The van der Waals surface area contributed by atoms with Crippen LogP contribution in [-0.4, -0.2) is 43.1 Å². The van der Waals surface area contributed by atoms with E-state index >= 15 is 0 Å². The van der Waals surface area contributed by atoms with E-state index in [1.807, 2.05) is 60.8 Å². The van der Waals surface area contributed by atoms with E-state index in [0.717, 1.165) is 22.0 Å². The fraction of sp³-hybridized carbons (Fsp3) is 0.273. The van der Waals surface area contributed by atoms with Crippen LogP contribution in [0.4, 0.5) is 0 Å². The average molecular weight is 416 g/mol. The Bertz CT molecular complexity index is 943. The molecule has 6 nitrogen and oxygen atoms in total. The number of carbonyl (C=O) groups excluding carboxylic acids is 2. The number of benzene rings is 2. The first-order valence-corrected chi connectivity index (χ1v) is 9.26. The summed E-state index contributed by atoms with van der Waals surface area (Å²) in [5.41, 5.74) is 2.99. The topological polar surface area (TPSA) is 83.2 Å². The van der Waals surface area contributed by atoms with Gasteiger partial charge in [-0.1, -0.05) is 48.5 Å². The van der Waals surface area contributed by atoms with E-state index in [0.29, 0.717) is 12.8 Å². The molecule has 0 unspecified atom stereocenters. The van der Waals surface area contributed by atoms with E-state index in [1.165, 1.54) is 7.11 Å². The third kappa shape index (κ3) is 5.59. The molecule has 0 saturated carbocycles. The highest BCUT2D eigenvalue weighted by Crippen LogP contribution is 2.19. The van der Waals surface area contributed by atoms with Crippen molar-refractivity contribution in [3.63, 3.8) is 0 Å². The quantitative estimate of drug-likeness (QED) is 0.494. The van der Waals surface area contributed by atoms with E-state index in [1.54, 1.807) is 7.05 Å². The number of hydrogen-bond donors (Lipinski definition) is 3. The minimum absolute atomic E-state index is 0. The Labute approximate surface area is 176 Å². The number of rotatable bonds is 8. The Hall–Kier alpha value is -2.83. The van der Waals surface area contributed by atoms with Gasteiger partial charge in [0, 0.05) is 23.5 Å². The molecule has 1 heterocycles. The molecule has 2 atom stereocenters. The molecule has 0 aliphatic carbocycles. The number of fused-ring (bicyclic) bond motifs is 1. The standard InChI is InChI=1S/C22H25N3O3.ClH/c1-23-19(12-15-8-4-3-5-9-15)21(26)25-20(22(27)28-2)13-16-14-24-18-11-7-6-10-17(16)18;/h3-11,14,19-20,23-24H,12-13H2,1-2H3,(H,25,26);1H/t19-,20+;/m1./s1. The Morgan fingerprint density at radius 2 is 1.69 bits per heavy atom. The molecule has 3 aromatic rings. The van der Waals surface area contributed by atoms with Crippen molar-refractivity contribution >= 4 is 35.2 Å². The predicted octanol–water partition coefficient (Wildman–Crippen LogP) is 2.62. The first kappa shape index (κ1) is 22.5. The number of halogens is 1. The summed E-state index contributed by atoms with van der Waals surface area (Å²) in [6, 6.07) is 16.4. The number of para-hydroxylation sites is 1. The number of aromatic nitrogens is 1. The summed E-state index contributed by atoms with van der Waals surface area (Å²) in [4.78, 5) is 28.3. The second-order valence-electron chi connectivity index (χ2n) is 6.68. The molecule has 0 aliphatic rings. The lowest BCUT2D eigenvalue weighted by molar-refractivity contribution is -0.145. The van der Waals surface area contributed by atoms with Crippen LogP contribution in [0.5, 0.6) is 0 Å². The fourth-order valence-electron chi connectivity index (χ4n) is 3.30. The highest BCUT2D eigenvalue weighted by molar-refractivity contribution is 5.89. The molecule has 0 saturated heterocycles.